The summed E-state index contributed by atoms with van der Waals surface area (Å²) in [5.74, 6) is -0.0436. The van der Waals surface area contributed by atoms with Crippen LogP contribution in [0.4, 0.5) is 5.69 Å². The van der Waals surface area contributed by atoms with Crippen LogP contribution in [0.3, 0.4) is 0 Å². The number of hydrogen-bond acceptors (Lipinski definition) is 2. The Morgan fingerprint density at radius 3 is 2.33 bits per heavy atom. The summed E-state index contributed by atoms with van der Waals surface area (Å²) in [4.78, 5) is 12.0. The van der Waals surface area contributed by atoms with Gasteiger partial charge in [0.2, 0.25) is 0 Å². The zero-order valence-corrected chi connectivity index (χ0v) is 12.3. The van der Waals surface area contributed by atoms with Crippen molar-refractivity contribution < 1.29 is 9.90 Å². The number of anilines is 1. The van der Waals surface area contributed by atoms with Gasteiger partial charge in [0.1, 0.15) is 5.75 Å². The largest absolute Gasteiger partial charge is 0.508 e. The average molecular weight is 371 g/mol. The van der Waals surface area contributed by atoms with Crippen molar-refractivity contribution >= 4 is 43.5 Å². The van der Waals surface area contributed by atoms with E-state index in [0.717, 1.165) is 4.47 Å². The molecule has 0 aliphatic carbocycles. The van der Waals surface area contributed by atoms with E-state index in [1.54, 1.807) is 24.3 Å². The molecule has 0 saturated heterocycles. The lowest BCUT2D eigenvalue weighted by molar-refractivity contribution is 0.102. The zero-order chi connectivity index (χ0) is 13.1. The van der Waals surface area contributed by atoms with Crippen molar-refractivity contribution in [2.45, 2.75) is 0 Å². The number of aromatic hydroxyl groups is 1. The molecule has 0 unspecified atom stereocenters. The quantitative estimate of drug-likeness (QED) is 0.779. The lowest BCUT2D eigenvalue weighted by Gasteiger charge is -2.07. The lowest BCUT2D eigenvalue weighted by atomic mass is 10.2. The Labute approximate surface area is 121 Å². The molecule has 0 fully saturated rings. The number of phenols is 1. The average Bonchev–Trinajstić information content (AvgIpc) is 2.32. The molecule has 1 amide bonds. The summed E-state index contributed by atoms with van der Waals surface area (Å²) < 4.78 is 1.61. The number of benzene rings is 2. The number of carbonyl (C=O) groups excluding carboxylic acids is 1. The number of halogens is 2. The normalized spacial score (nSPS) is 10.1. The van der Waals surface area contributed by atoms with Crippen molar-refractivity contribution in [3.8, 4) is 5.75 Å². The number of amides is 1. The standard InChI is InChI=1S/C13H9Br2NO2/c14-8-1-6-11(12(15)7-8)13(18)16-9-2-4-10(17)5-3-9/h1-7,17H,(H,16,18). The predicted molar refractivity (Wildman–Crippen MR) is 77.9 cm³/mol. The lowest BCUT2D eigenvalue weighted by Crippen LogP contribution is -2.12. The molecule has 0 aromatic heterocycles. The number of hydrogen-bond donors (Lipinski definition) is 2. The van der Waals surface area contributed by atoms with Gasteiger partial charge in [-0.2, -0.15) is 0 Å². The molecule has 2 aromatic rings. The van der Waals surface area contributed by atoms with Crippen molar-refractivity contribution in [2.24, 2.45) is 0 Å². The highest BCUT2D eigenvalue weighted by Crippen LogP contribution is 2.23. The fourth-order valence-electron chi connectivity index (χ4n) is 1.42. The smallest absolute Gasteiger partial charge is 0.256 e. The molecule has 5 heteroatoms. The van der Waals surface area contributed by atoms with Crippen molar-refractivity contribution in [2.75, 3.05) is 5.32 Å². The number of rotatable bonds is 2. The molecule has 0 heterocycles. The number of carbonyl (C=O) groups is 1. The first-order valence-electron chi connectivity index (χ1n) is 5.12. The van der Waals surface area contributed by atoms with Gasteiger partial charge in [-0.3, -0.25) is 4.79 Å². The van der Waals surface area contributed by atoms with E-state index in [0.29, 0.717) is 15.7 Å². The summed E-state index contributed by atoms with van der Waals surface area (Å²) in [6, 6.07) is 11.7. The van der Waals surface area contributed by atoms with Crippen LogP contribution < -0.4 is 5.32 Å². The molecule has 2 N–H and O–H groups in total. The van der Waals surface area contributed by atoms with Crippen molar-refractivity contribution in [3.05, 3.63) is 57.0 Å². The minimum atomic E-state index is -0.208. The Kier molecular flexibility index (Phi) is 4.04. The molecule has 0 atom stereocenters. The minimum absolute atomic E-state index is 0.165. The molecule has 0 aliphatic heterocycles. The minimum Gasteiger partial charge on any atom is -0.508 e. The van der Waals surface area contributed by atoms with Crippen LogP contribution >= 0.6 is 31.9 Å². The Morgan fingerprint density at radius 2 is 1.72 bits per heavy atom. The number of phenolic OH excluding ortho intramolecular Hbond substituents is 1. The fraction of sp³-hybridized carbons (Fsp3) is 0. The predicted octanol–water partition coefficient (Wildman–Crippen LogP) is 4.17. The fourth-order valence-corrected chi connectivity index (χ4v) is 2.64. The van der Waals surface area contributed by atoms with Crippen LogP contribution in [0.2, 0.25) is 0 Å². The van der Waals surface area contributed by atoms with Crippen molar-refractivity contribution in [3.63, 3.8) is 0 Å². The third-order valence-electron chi connectivity index (χ3n) is 2.30. The molecular formula is C13H9Br2NO2. The van der Waals surface area contributed by atoms with Crippen LogP contribution in [0.15, 0.2) is 51.4 Å². The molecule has 3 nitrogen and oxygen atoms in total. The third kappa shape index (κ3) is 3.11. The van der Waals surface area contributed by atoms with Gasteiger partial charge in [-0.15, -0.1) is 0 Å². The first-order chi connectivity index (χ1) is 8.56. The molecule has 0 spiro atoms. The molecule has 0 saturated carbocycles. The summed E-state index contributed by atoms with van der Waals surface area (Å²) in [5.41, 5.74) is 1.18. The van der Waals surface area contributed by atoms with Gasteiger partial charge in [0.15, 0.2) is 0 Å². The second-order valence-corrected chi connectivity index (χ2v) is 5.40. The van der Waals surface area contributed by atoms with Gasteiger partial charge in [0.25, 0.3) is 5.91 Å². The van der Waals surface area contributed by atoms with Gasteiger partial charge < -0.3 is 10.4 Å². The van der Waals surface area contributed by atoms with E-state index in [4.69, 9.17) is 5.11 Å². The monoisotopic (exact) mass is 369 g/mol. The third-order valence-corrected chi connectivity index (χ3v) is 3.45. The van der Waals surface area contributed by atoms with Gasteiger partial charge in [-0.05, 0) is 58.4 Å². The second kappa shape index (κ2) is 5.54. The van der Waals surface area contributed by atoms with E-state index in [2.05, 4.69) is 37.2 Å². The molecule has 2 rings (SSSR count). The Hall–Kier alpha value is -1.33. The maximum Gasteiger partial charge on any atom is 0.256 e. The second-order valence-electron chi connectivity index (χ2n) is 3.63. The van der Waals surface area contributed by atoms with Crippen LogP contribution in [-0.2, 0) is 0 Å². The summed E-state index contributed by atoms with van der Waals surface area (Å²) >= 11 is 6.67. The van der Waals surface area contributed by atoms with Crippen LogP contribution in [-0.4, -0.2) is 11.0 Å². The van der Waals surface area contributed by atoms with E-state index in [9.17, 15) is 4.79 Å². The summed E-state index contributed by atoms with van der Waals surface area (Å²) in [6.07, 6.45) is 0. The van der Waals surface area contributed by atoms with Gasteiger partial charge >= 0.3 is 0 Å². The molecule has 2 aromatic carbocycles. The molecule has 92 valence electrons. The first-order valence-corrected chi connectivity index (χ1v) is 6.70. The number of nitrogens with one attached hydrogen (secondary N) is 1. The molecule has 0 aliphatic rings. The van der Waals surface area contributed by atoms with E-state index in [1.807, 2.05) is 6.07 Å². The van der Waals surface area contributed by atoms with Crippen LogP contribution in [0.5, 0.6) is 5.75 Å². The highest BCUT2D eigenvalue weighted by molar-refractivity contribution is 9.11. The molecule has 18 heavy (non-hydrogen) atoms. The van der Waals surface area contributed by atoms with Crippen LogP contribution in [0.25, 0.3) is 0 Å². The first kappa shape index (κ1) is 13.1. The van der Waals surface area contributed by atoms with Gasteiger partial charge in [-0.25, -0.2) is 0 Å². The molecule has 0 radical (unpaired) electrons. The van der Waals surface area contributed by atoms with Crippen molar-refractivity contribution in [1.29, 1.82) is 0 Å². The summed E-state index contributed by atoms with van der Waals surface area (Å²) in [6.45, 7) is 0. The highest BCUT2D eigenvalue weighted by atomic mass is 79.9. The molecule has 0 bridgehead atoms. The van der Waals surface area contributed by atoms with E-state index >= 15 is 0 Å². The van der Waals surface area contributed by atoms with Crippen molar-refractivity contribution in [1.82, 2.24) is 0 Å². The summed E-state index contributed by atoms with van der Waals surface area (Å²) in [5, 5.41) is 11.9. The maximum absolute atomic E-state index is 12.0. The Bertz CT molecular complexity index is 582. The van der Waals surface area contributed by atoms with Gasteiger partial charge in [0, 0.05) is 14.6 Å². The Balaban J connectivity index is 2.19. The van der Waals surface area contributed by atoms with E-state index in [1.165, 1.54) is 12.1 Å². The Morgan fingerprint density at radius 1 is 1.06 bits per heavy atom. The van der Waals surface area contributed by atoms with Gasteiger partial charge in [-0.1, -0.05) is 15.9 Å². The SMILES string of the molecule is O=C(Nc1ccc(O)cc1)c1ccc(Br)cc1Br. The molecular weight excluding hydrogens is 362 g/mol. The highest BCUT2D eigenvalue weighted by Gasteiger charge is 2.10. The van der Waals surface area contributed by atoms with E-state index in [-0.39, 0.29) is 11.7 Å². The van der Waals surface area contributed by atoms with Gasteiger partial charge in [0.05, 0.1) is 5.56 Å². The van der Waals surface area contributed by atoms with Crippen LogP contribution in [0, 0.1) is 0 Å². The topological polar surface area (TPSA) is 49.3 Å². The van der Waals surface area contributed by atoms with Crippen LogP contribution in [0.1, 0.15) is 10.4 Å². The zero-order valence-electron chi connectivity index (χ0n) is 9.15. The summed E-state index contributed by atoms with van der Waals surface area (Å²) in [7, 11) is 0. The van der Waals surface area contributed by atoms with E-state index < -0.39 is 0 Å². The maximum atomic E-state index is 12.0.